The molecular weight excluding hydrogens is 652 g/mol. The van der Waals surface area contributed by atoms with E-state index in [0.29, 0.717) is 12.1 Å². The van der Waals surface area contributed by atoms with Crippen LogP contribution in [-0.2, 0) is 15.7 Å². The molecule has 11 nitrogen and oxygen atoms in total. The topological polar surface area (TPSA) is 145 Å². The molecule has 0 unspecified atom stereocenters. The van der Waals surface area contributed by atoms with Crippen molar-refractivity contribution in [1.29, 1.82) is 0 Å². The van der Waals surface area contributed by atoms with E-state index >= 15 is 0 Å². The van der Waals surface area contributed by atoms with Crippen LogP contribution >= 0.6 is 11.6 Å². The normalized spacial score (nSPS) is 21.9. The highest BCUT2D eigenvalue weighted by Gasteiger charge is 2.49. The number of benzene rings is 2. The third-order valence-corrected chi connectivity index (χ3v) is 7.41. The molecule has 3 heterocycles. The smallest absolute Gasteiger partial charge is 0.418 e. The van der Waals surface area contributed by atoms with Crippen LogP contribution in [0.5, 0.6) is 0 Å². The first kappa shape index (κ1) is 33.3. The molecule has 1 saturated heterocycles. The second kappa shape index (κ2) is 12.6. The number of carbonyl (C=O) groups is 1. The summed E-state index contributed by atoms with van der Waals surface area (Å²) in [6, 6.07) is 2.27. The van der Waals surface area contributed by atoms with Crippen LogP contribution in [0, 0.1) is 24.4 Å². The van der Waals surface area contributed by atoms with Gasteiger partial charge in [-0.2, -0.15) is 23.4 Å². The molecule has 4 aromatic rings. The Bertz CT molecular complexity index is 1760. The SMILES string of the molecule is CCOC(=O)c1nn([C@H]2[C@@H](O)[C@@H](CO)O[C@@H](c3nc(C)nn3-c3cc(Cl)ccc3C(F)(F)F)[C@@H]2O)cc1-c1cc(F)c(F)c(F)c1. The van der Waals surface area contributed by atoms with Crippen LogP contribution in [0.3, 0.4) is 0 Å². The second-order valence-electron chi connectivity index (χ2n) is 10.2. The Morgan fingerprint density at radius 1 is 1.09 bits per heavy atom. The lowest BCUT2D eigenvalue weighted by molar-refractivity contribution is -0.210. The first-order valence-corrected chi connectivity index (χ1v) is 13.9. The van der Waals surface area contributed by atoms with Crippen LogP contribution in [-0.4, -0.2) is 77.4 Å². The summed E-state index contributed by atoms with van der Waals surface area (Å²) in [5.74, 6) is -6.45. The van der Waals surface area contributed by atoms with Crippen LogP contribution in [0.25, 0.3) is 16.8 Å². The van der Waals surface area contributed by atoms with Gasteiger partial charge in [-0.25, -0.2) is 27.6 Å². The standard InChI is InChI=1S/C28H24ClF6N5O6/c1-3-45-27(44)21-14(12-6-16(30)20(32)17(31)7-12)9-39(38-21)22-23(42)19(10-41)46-25(24(22)43)26-36-11(2)37-40(26)18-8-13(29)4-5-15(18)28(33,34)35/h4-9,19,22-25,41-43H,3,10H2,1-2H3/t19-,22+,23+,24-,25-/m1/s1. The fraction of sp³-hybridized carbons (Fsp3) is 0.357. The summed E-state index contributed by atoms with van der Waals surface area (Å²) in [7, 11) is 0. The Hall–Kier alpha value is -4.03. The Kier molecular flexibility index (Phi) is 9.16. The number of hydrogen-bond donors (Lipinski definition) is 3. The molecule has 1 aliphatic rings. The van der Waals surface area contributed by atoms with Crippen molar-refractivity contribution in [1.82, 2.24) is 24.5 Å². The number of alkyl halides is 3. The molecule has 1 aliphatic heterocycles. The summed E-state index contributed by atoms with van der Waals surface area (Å²) in [6.07, 6.45) is -10.8. The van der Waals surface area contributed by atoms with E-state index in [1.807, 2.05) is 0 Å². The van der Waals surface area contributed by atoms with Gasteiger partial charge in [-0.05, 0) is 49.7 Å². The van der Waals surface area contributed by atoms with Crippen molar-refractivity contribution < 1.29 is 55.9 Å². The van der Waals surface area contributed by atoms with Crippen LogP contribution in [0.1, 0.15) is 46.8 Å². The first-order valence-electron chi connectivity index (χ1n) is 13.5. The zero-order valence-electron chi connectivity index (χ0n) is 23.7. The van der Waals surface area contributed by atoms with Crippen molar-refractivity contribution in [2.24, 2.45) is 0 Å². The monoisotopic (exact) mass is 675 g/mol. The minimum atomic E-state index is -4.87. The summed E-state index contributed by atoms with van der Waals surface area (Å²) < 4.78 is 96.3. The highest BCUT2D eigenvalue weighted by atomic mass is 35.5. The number of aliphatic hydroxyl groups is 3. The van der Waals surface area contributed by atoms with Gasteiger partial charge in [0.2, 0.25) is 0 Å². The number of esters is 1. The third-order valence-electron chi connectivity index (χ3n) is 7.18. The molecular formula is C28H24ClF6N5O6. The summed E-state index contributed by atoms with van der Waals surface area (Å²) in [5, 5.41) is 40.8. The van der Waals surface area contributed by atoms with Crippen LogP contribution in [0.2, 0.25) is 5.02 Å². The van der Waals surface area contributed by atoms with Crippen molar-refractivity contribution in [3.63, 3.8) is 0 Å². The largest absolute Gasteiger partial charge is 0.461 e. The average molecular weight is 676 g/mol. The van der Waals surface area contributed by atoms with Gasteiger partial charge in [0, 0.05) is 16.8 Å². The van der Waals surface area contributed by atoms with Crippen molar-refractivity contribution in [3.05, 3.63) is 81.9 Å². The fourth-order valence-corrected chi connectivity index (χ4v) is 5.32. The highest BCUT2D eigenvalue weighted by molar-refractivity contribution is 6.30. The molecule has 0 aliphatic carbocycles. The van der Waals surface area contributed by atoms with Crippen LogP contribution in [0.15, 0.2) is 36.5 Å². The van der Waals surface area contributed by atoms with Gasteiger partial charge < -0.3 is 24.8 Å². The number of carbonyl (C=O) groups excluding carboxylic acids is 1. The highest BCUT2D eigenvalue weighted by Crippen LogP contribution is 2.41. The molecule has 3 N–H and O–H groups in total. The first-order chi connectivity index (χ1) is 21.7. The zero-order valence-corrected chi connectivity index (χ0v) is 24.5. The lowest BCUT2D eigenvalue weighted by atomic mass is 9.92. The van der Waals surface area contributed by atoms with Gasteiger partial charge in [-0.1, -0.05) is 11.6 Å². The lowest BCUT2D eigenvalue weighted by Gasteiger charge is -2.42. The van der Waals surface area contributed by atoms with Crippen molar-refractivity contribution in [2.75, 3.05) is 13.2 Å². The Labute approximate surface area is 260 Å². The maximum Gasteiger partial charge on any atom is 0.418 e. The fourth-order valence-electron chi connectivity index (χ4n) is 5.16. The molecule has 0 radical (unpaired) electrons. The molecule has 246 valence electrons. The quantitative estimate of drug-likeness (QED) is 0.150. The summed E-state index contributed by atoms with van der Waals surface area (Å²) in [5.41, 5.74) is -2.90. The molecule has 0 bridgehead atoms. The maximum absolute atomic E-state index is 14.2. The lowest BCUT2D eigenvalue weighted by Crippen LogP contribution is -2.53. The van der Waals surface area contributed by atoms with Gasteiger partial charge in [0.05, 0.1) is 24.5 Å². The van der Waals surface area contributed by atoms with E-state index in [-0.39, 0.29) is 34.4 Å². The molecule has 2 aromatic heterocycles. The molecule has 0 saturated carbocycles. The summed E-state index contributed by atoms with van der Waals surface area (Å²) in [6.45, 7) is 1.81. The summed E-state index contributed by atoms with van der Waals surface area (Å²) in [4.78, 5) is 17.0. The van der Waals surface area contributed by atoms with Crippen LogP contribution < -0.4 is 0 Å². The van der Waals surface area contributed by atoms with E-state index < -0.39 is 83.6 Å². The predicted octanol–water partition coefficient (Wildman–Crippen LogP) is 4.10. The Morgan fingerprint density at radius 2 is 1.76 bits per heavy atom. The summed E-state index contributed by atoms with van der Waals surface area (Å²) >= 11 is 6.01. The molecule has 18 heteroatoms. The molecule has 0 amide bonds. The number of halogens is 7. The number of aryl methyl sites for hydroxylation is 1. The molecule has 5 atom stereocenters. The van der Waals surface area contributed by atoms with Gasteiger partial charge in [0.25, 0.3) is 0 Å². The van der Waals surface area contributed by atoms with Crippen molar-refractivity contribution in [2.45, 2.75) is 50.5 Å². The average Bonchev–Trinajstić information content (AvgIpc) is 3.59. The number of aromatic nitrogens is 5. The molecule has 2 aromatic carbocycles. The van der Waals surface area contributed by atoms with Gasteiger partial charge in [-0.3, -0.25) is 4.68 Å². The van der Waals surface area contributed by atoms with Gasteiger partial charge >= 0.3 is 12.1 Å². The van der Waals surface area contributed by atoms with E-state index in [1.54, 1.807) is 0 Å². The molecule has 1 fully saturated rings. The Morgan fingerprint density at radius 3 is 2.37 bits per heavy atom. The van der Waals surface area contributed by atoms with E-state index in [4.69, 9.17) is 21.1 Å². The Balaban J connectivity index is 1.66. The molecule has 5 rings (SSSR count). The van der Waals surface area contributed by atoms with E-state index in [1.165, 1.54) is 13.8 Å². The maximum atomic E-state index is 14.2. The van der Waals surface area contributed by atoms with Gasteiger partial charge in [-0.15, -0.1) is 0 Å². The number of rotatable bonds is 7. The minimum absolute atomic E-state index is 0.0477. The van der Waals surface area contributed by atoms with Gasteiger partial charge in [0.15, 0.2) is 29.0 Å². The van der Waals surface area contributed by atoms with Crippen molar-refractivity contribution >= 4 is 17.6 Å². The van der Waals surface area contributed by atoms with E-state index in [2.05, 4.69) is 15.2 Å². The van der Waals surface area contributed by atoms with E-state index in [0.717, 1.165) is 33.8 Å². The number of nitrogens with zero attached hydrogens (tertiary/aromatic N) is 5. The minimum Gasteiger partial charge on any atom is -0.461 e. The van der Waals surface area contributed by atoms with E-state index in [9.17, 15) is 46.5 Å². The second-order valence-corrected chi connectivity index (χ2v) is 10.6. The van der Waals surface area contributed by atoms with Crippen LogP contribution in [0.4, 0.5) is 26.3 Å². The predicted molar refractivity (Wildman–Crippen MR) is 145 cm³/mol. The molecule has 0 spiro atoms. The third kappa shape index (κ3) is 6.07. The van der Waals surface area contributed by atoms with Crippen molar-refractivity contribution in [3.8, 4) is 16.8 Å². The number of ether oxygens (including phenoxy) is 2. The zero-order chi connectivity index (χ0) is 33.7. The number of hydrogen-bond acceptors (Lipinski definition) is 9. The van der Waals surface area contributed by atoms with Gasteiger partial charge in [0.1, 0.15) is 36.3 Å². The molecule has 46 heavy (non-hydrogen) atoms. The number of aliphatic hydroxyl groups excluding tert-OH is 3.